The van der Waals surface area contributed by atoms with Gasteiger partial charge in [0.2, 0.25) is 0 Å². The number of carbonyl (C=O) groups is 1. The van der Waals surface area contributed by atoms with Gasteiger partial charge in [0.25, 0.3) is 15.9 Å². The van der Waals surface area contributed by atoms with Gasteiger partial charge in [-0.1, -0.05) is 11.6 Å². The summed E-state index contributed by atoms with van der Waals surface area (Å²) in [5.41, 5.74) is 0.332. The Morgan fingerprint density at radius 2 is 1.60 bits per heavy atom. The van der Waals surface area contributed by atoms with Crippen LogP contribution in [0.5, 0.6) is 0 Å². The third-order valence-electron chi connectivity index (χ3n) is 4.43. The van der Waals surface area contributed by atoms with E-state index in [-0.39, 0.29) is 21.2 Å². The Hall–Kier alpha value is -2.20. The Balaban J connectivity index is 2.38. The Bertz CT molecular complexity index is 962. The number of rotatable bonds is 10. The maximum absolute atomic E-state index is 13.2. The first-order valence-electron chi connectivity index (χ1n) is 9.03. The Labute approximate surface area is 181 Å². The van der Waals surface area contributed by atoms with E-state index in [9.17, 15) is 17.6 Å². The van der Waals surface area contributed by atoms with E-state index in [2.05, 4.69) is 0 Å². The molecule has 10 heteroatoms. The molecule has 30 heavy (non-hydrogen) atoms. The topological polar surface area (TPSA) is 76.1 Å². The van der Waals surface area contributed by atoms with E-state index in [0.29, 0.717) is 26.3 Å². The summed E-state index contributed by atoms with van der Waals surface area (Å²) in [6, 6.07) is 8.97. The summed E-state index contributed by atoms with van der Waals surface area (Å²) in [5.74, 6) is -0.910. The molecule has 164 valence electrons. The van der Waals surface area contributed by atoms with Gasteiger partial charge in [-0.3, -0.25) is 9.10 Å². The van der Waals surface area contributed by atoms with E-state index in [1.54, 1.807) is 0 Å². The van der Waals surface area contributed by atoms with Crippen LogP contribution in [0.4, 0.5) is 10.1 Å². The molecule has 0 aliphatic heterocycles. The number of nitrogens with zero attached hydrogens (tertiary/aromatic N) is 2. The molecule has 0 saturated carbocycles. The van der Waals surface area contributed by atoms with Crippen molar-refractivity contribution in [2.24, 2.45) is 0 Å². The summed E-state index contributed by atoms with van der Waals surface area (Å²) in [5, 5.41) is 0.128. The molecular formula is C20H24ClFN2O5S. The van der Waals surface area contributed by atoms with E-state index in [4.69, 9.17) is 21.1 Å². The van der Waals surface area contributed by atoms with E-state index >= 15 is 0 Å². The van der Waals surface area contributed by atoms with E-state index < -0.39 is 21.7 Å². The zero-order valence-corrected chi connectivity index (χ0v) is 18.5. The lowest BCUT2D eigenvalue weighted by atomic mass is 10.2. The monoisotopic (exact) mass is 458 g/mol. The number of anilines is 1. The predicted octanol–water partition coefficient (Wildman–Crippen LogP) is 3.04. The first-order valence-corrected chi connectivity index (χ1v) is 10.9. The molecule has 0 aliphatic rings. The summed E-state index contributed by atoms with van der Waals surface area (Å²) in [6.45, 7) is 1.19. The molecule has 0 radical (unpaired) electrons. The molecule has 0 atom stereocenters. The normalized spacial score (nSPS) is 11.4. The van der Waals surface area contributed by atoms with Gasteiger partial charge in [0.15, 0.2) is 0 Å². The summed E-state index contributed by atoms with van der Waals surface area (Å²) >= 11 is 6.21. The summed E-state index contributed by atoms with van der Waals surface area (Å²) in [7, 11) is 0.381. The lowest BCUT2D eigenvalue weighted by molar-refractivity contribution is 0.0627. The van der Waals surface area contributed by atoms with Gasteiger partial charge >= 0.3 is 0 Å². The first kappa shape index (κ1) is 24.1. The number of halogens is 2. The van der Waals surface area contributed by atoms with Crippen LogP contribution in [0.25, 0.3) is 0 Å². The van der Waals surface area contributed by atoms with Crippen LogP contribution in [0.2, 0.25) is 5.02 Å². The van der Waals surface area contributed by atoms with Gasteiger partial charge in [0, 0.05) is 34.4 Å². The lowest BCUT2D eigenvalue weighted by Gasteiger charge is -2.24. The molecule has 0 N–H and O–H groups in total. The Morgan fingerprint density at radius 1 is 1.03 bits per heavy atom. The van der Waals surface area contributed by atoms with Crippen molar-refractivity contribution >= 4 is 33.2 Å². The predicted molar refractivity (Wildman–Crippen MR) is 113 cm³/mol. The molecular weight excluding hydrogens is 435 g/mol. The third kappa shape index (κ3) is 5.69. The van der Waals surface area contributed by atoms with Crippen LogP contribution >= 0.6 is 11.6 Å². The van der Waals surface area contributed by atoms with Crippen LogP contribution in [-0.4, -0.2) is 66.8 Å². The van der Waals surface area contributed by atoms with Gasteiger partial charge in [0.05, 0.1) is 34.4 Å². The number of amides is 1. The van der Waals surface area contributed by atoms with Crippen LogP contribution in [-0.2, 0) is 19.5 Å². The second-order valence-corrected chi connectivity index (χ2v) is 8.74. The second kappa shape index (κ2) is 10.7. The molecule has 1 amide bonds. The molecule has 0 spiro atoms. The third-order valence-corrected chi connectivity index (χ3v) is 6.55. The van der Waals surface area contributed by atoms with E-state index in [0.717, 1.165) is 4.31 Å². The minimum atomic E-state index is -4.01. The molecule has 0 heterocycles. The van der Waals surface area contributed by atoms with Crippen molar-refractivity contribution in [3.63, 3.8) is 0 Å². The van der Waals surface area contributed by atoms with Gasteiger partial charge in [-0.05, 0) is 42.5 Å². The molecule has 0 saturated heterocycles. The number of benzene rings is 2. The smallest absolute Gasteiger partial charge is 0.264 e. The van der Waals surface area contributed by atoms with Crippen molar-refractivity contribution in [2.45, 2.75) is 4.90 Å². The standard InChI is InChI=1S/C20H24ClFN2O5S/c1-23(16-6-4-15(22)5-7-16)30(26,27)17-8-9-19(21)18(14-17)20(25)24(10-12-28-2)11-13-29-3/h4-9,14H,10-13H2,1-3H3. The average Bonchev–Trinajstić information content (AvgIpc) is 2.73. The molecule has 2 aromatic carbocycles. The number of ether oxygens (including phenoxy) is 2. The molecule has 0 fully saturated rings. The lowest BCUT2D eigenvalue weighted by Crippen LogP contribution is -2.36. The van der Waals surface area contributed by atoms with Gasteiger partial charge in [0.1, 0.15) is 5.82 Å². The highest BCUT2D eigenvalue weighted by Crippen LogP contribution is 2.26. The molecule has 0 bridgehead atoms. The van der Waals surface area contributed by atoms with Crippen molar-refractivity contribution in [1.82, 2.24) is 4.90 Å². The summed E-state index contributed by atoms with van der Waals surface area (Å²) in [6.07, 6.45) is 0. The van der Waals surface area contributed by atoms with Crippen molar-refractivity contribution in [3.8, 4) is 0 Å². The van der Waals surface area contributed by atoms with Gasteiger partial charge in [-0.15, -0.1) is 0 Å². The molecule has 2 aromatic rings. The number of sulfonamides is 1. The number of hydrogen-bond acceptors (Lipinski definition) is 5. The second-order valence-electron chi connectivity index (χ2n) is 6.37. The number of methoxy groups -OCH3 is 2. The Kier molecular flexibility index (Phi) is 8.60. The van der Waals surface area contributed by atoms with Gasteiger partial charge in [-0.25, -0.2) is 12.8 Å². The van der Waals surface area contributed by atoms with Gasteiger partial charge in [-0.2, -0.15) is 0 Å². The first-order chi connectivity index (χ1) is 14.2. The van der Waals surface area contributed by atoms with Crippen molar-refractivity contribution in [3.05, 3.63) is 58.9 Å². The molecule has 2 rings (SSSR count). The summed E-state index contributed by atoms with van der Waals surface area (Å²) < 4.78 is 50.3. The molecule has 7 nitrogen and oxygen atoms in total. The van der Waals surface area contributed by atoms with E-state index in [1.165, 1.54) is 68.6 Å². The minimum Gasteiger partial charge on any atom is -0.383 e. The summed E-state index contributed by atoms with van der Waals surface area (Å²) in [4.78, 5) is 14.4. The maximum atomic E-state index is 13.2. The van der Waals surface area contributed by atoms with Crippen LogP contribution in [0.15, 0.2) is 47.4 Å². The molecule has 0 aromatic heterocycles. The number of hydrogen-bond donors (Lipinski definition) is 0. The highest BCUT2D eigenvalue weighted by Gasteiger charge is 2.25. The quantitative estimate of drug-likeness (QED) is 0.547. The van der Waals surface area contributed by atoms with Crippen molar-refractivity contribution < 1.29 is 27.1 Å². The zero-order chi connectivity index (χ0) is 22.3. The average molecular weight is 459 g/mol. The fourth-order valence-corrected chi connectivity index (χ4v) is 4.09. The molecule has 0 unspecified atom stereocenters. The fraction of sp³-hybridized carbons (Fsp3) is 0.350. The highest BCUT2D eigenvalue weighted by molar-refractivity contribution is 7.92. The van der Waals surface area contributed by atoms with E-state index in [1.807, 2.05) is 0 Å². The largest absolute Gasteiger partial charge is 0.383 e. The Morgan fingerprint density at radius 3 is 2.13 bits per heavy atom. The van der Waals surface area contributed by atoms with Crippen LogP contribution in [0.3, 0.4) is 0 Å². The van der Waals surface area contributed by atoms with Crippen molar-refractivity contribution in [2.75, 3.05) is 51.9 Å². The van der Waals surface area contributed by atoms with Gasteiger partial charge < -0.3 is 14.4 Å². The zero-order valence-electron chi connectivity index (χ0n) is 17.0. The highest BCUT2D eigenvalue weighted by atomic mass is 35.5. The maximum Gasteiger partial charge on any atom is 0.264 e. The fourth-order valence-electron chi connectivity index (χ4n) is 2.66. The SMILES string of the molecule is COCCN(CCOC)C(=O)c1cc(S(=O)(=O)N(C)c2ccc(F)cc2)ccc1Cl. The number of carbonyl (C=O) groups excluding carboxylic acids is 1. The van der Waals surface area contributed by atoms with Crippen molar-refractivity contribution in [1.29, 1.82) is 0 Å². The minimum absolute atomic E-state index is 0.0532. The van der Waals surface area contributed by atoms with Crippen LogP contribution in [0, 0.1) is 5.82 Å². The van der Waals surface area contributed by atoms with Crippen LogP contribution < -0.4 is 4.31 Å². The van der Waals surface area contributed by atoms with Crippen LogP contribution in [0.1, 0.15) is 10.4 Å². The molecule has 0 aliphatic carbocycles.